The summed E-state index contributed by atoms with van der Waals surface area (Å²) in [5.41, 5.74) is 3.62. The highest BCUT2D eigenvalue weighted by molar-refractivity contribution is 8.00. The van der Waals surface area contributed by atoms with Gasteiger partial charge in [-0.2, -0.15) is 0 Å². The lowest BCUT2D eigenvalue weighted by Crippen LogP contribution is -2.17. The van der Waals surface area contributed by atoms with Gasteiger partial charge in [-0.3, -0.25) is 0 Å². The Morgan fingerprint density at radius 2 is 0.758 bits per heavy atom. The fourth-order valence-corrected chi connectivity index (χ4v) is 13.3. The molecule has 0 aliphatic heterocycles. The minimum Gasteiger partial charge on any atom is -0.496 e. The van der Waals surface area contributed by atoms with E-state index in [0.717, 1.165) is 30.4 Å². The molecule has 0 aliphatic rings. The molecule has 0 bridgehead atoms. The fourth-order valence-electron chi connectivity index (χ4n) is 7.82. The topological polar surface area (TPSA) is 96.6 Å². The van der Waals surface area contributed by atoms with Crippen molar-refractivity contribution >= 4 is 65.4 Å². The molecule has 0 fully saturated rings. The largest absolute Gasteiger partial charge is 0.496 e. The highest BCUT2D eigenvalue weighted by Crippen LogP contribution is 2.45. The van der Waals surface area contributed by atoms with Crippen LogP contribution in [0.5, 0.6) is 11.5 Å². The molecule has 7 aromatic carbocycles. The van der Waals surface area contributed by atoms with Crippen LogP contribution in [-0.2, 0) is 32.9 Å². The van der Waals surface area contributed by atoms with Crippen molar-refractivity contribution in [3.8, 4) is 11.5 Å². The summed E-state index contributed by atoms with van der Waals surface area (Å²) in [5, 5.41) is 1.60. The van der Waals surface area contributed by atoms with Gasteiger partial charge in [0.1, 0.15) is 11.5 Å². The Bertz CT molecular complexity index is 3060. The summed E-state index contributed by atoms with van der Waals surface area (Å²) in [5.74, 6) is 0.993. The molecule has 9 rings (SSSR count). The summed E-state index contributed by atoms with van der Waals surface area (Å²) >= 11 is 3.02. The molecule has 62 heavy (non-hydrogen) atoms. The molecule has 0 spiro atoms. The van der Waals surface area contributed by atoms with Crippen molar-refractivity contribution < 1.29 is 26.3 Å². The van der Waals surface area contributed by atoms with Gasteiger partial charge < -0.3 is 9.47 Å². The minimum absolute atomic E-state index is 0.160. The van der Waals surface area contributed by atoms with Gasteiger partial charge in [0.15, 0.2) is 0 Å². The van der Waals surface area contributed by atoms with Crippen molar-refractivity contribution in [2.45, 2.75) is 42.2 Å². The van der Waals surface area contributed by atoms with E-state index >= 15 is 0 Å². The second-order valence-electron chi connectivity index (χ2n) is 14.4. The maximum absolute atomic E-state index is 14.8. The van der Waals surface area contributed by atoms with Gasteiger partial charge >= 0.3 is 0 Å². The molecule has 9 aromatic rings. The lowest BCUT2D eigenvalue weighted by molar-refractivity contribution is 0.396. The molecule has 0 atom stereocenters. The summed E-state index contributed by atoms with van der Waals surface area (Å²) < 4.78 is 74.2. The maximum atomic E-state index is 14.8. The first kappa shape index (κ1) is 41.2. The van der Waals surface area contributed by atoms with Crippen LogP contribution in [0.4, 0.5) is 0 Å². The molecule has 0 saturated heterocycles. The number of para-hydroxylation sites is 2. The summed E-state index contributed by atoms with van der Waals surface area (Å²) in [6, 6.07) is 55.6. The number of hydrogen-bond acceptors (Lipinski definition) is 8. The number of fused-ring (bicyclic) bond motifs is 2. The van der Waals surface area contributed by atoms with Crippen LogP contribution in [0.1, 0.15) is 22.5 Å². The van der Waals surface area contributed by atoms with Crippen LogP contribution in [0.25, 0.3) is 21.8 Å². The van der Waals surface area contributed by atoms with Crippen molar-refractivity contribution in [3.63, 3.8) is 0 Å². The number of ether oxygens (including phenoxy) is 2. The third-order valence-electron chi connectivity index (χ3n) is 10.6. The van der Waals surface area contributed by atoms with Crippen LogP contribution in [0, 0.1) is 0 Å². The predicted octanol–water partition coefficient (Wildman–Crippen LogP) is 11.6. The average Bonchev–Trinajstić information content (AvgIpc) is 3.79. The molecule has 0 amide bonds. The lowest BCUT2D eigenvalue weighted by Gasteiger charge is -2.19. The highest BCUT2D eigenvalue weighted by atomic mass is 32.2. The zero-order chi connectivity index (χ0) is 42.8. The summed E-state index contributed by atoms with van der Waals surface area (Å²) in [7, 11) is -5.01. The van der Waals surface area contributed by atoms with Crippen LogP contribution in [-0.4, -0.2) is 39.0 Å². The molecule has 12 heteroatoms. The van der Waals surface area contributed by atoms with Gasteiger partial charge in [0.25, 0.3) is 20.0 Å². The Balaban J connectivity index is 1.23. The summed E-state index contributed by atoms with van der Waals surface area (Å²) in [4.78, 5) is 3.85. The van der Waals surface area contributed by atoms with E-state index in [-0.39, 0.29) is 22.6 Å². The number of benzene rings is 7. The zero-order valence-electron chi connectivity index (χ0n) is 33.7. The Morgan fingerprint density at radius 1 is 0.435 bits per heavy atom. The van der Waals surface area contributed by atoms with Crippen molar-refractivity contribution in [1.82, 2.24) is 7.94 Å². The van der Waals surface area contributed by atoms with Gasteiger partial charge in [-0.1, -0.05) is 133 Å². The van der Waals surface area contributed by atoms with E-state index in [1.165, 1.54) is 31.5 Å². The molecular weight excluding hydrogens is 853 g/mol. The van der Waals surface area contributed by atoms with Crippen molar-refractivity contribution in [2.24, 2.45) is 0 Å². The average molecular weight is 893 g/mol. The molecular formula is C50H40N2O6S4. The number of aromatic nitrogens is 2. The van der Waals surface area contributed by atoms with Gasteiger partial charge in [0.05, 0.1) is 46.4 Å². The normalized spacial score (nSPS) is 11.9. The quantitative estimate of drug-likeness (QED) is 0.106. The van der Waals surface area contributed by atoms with Crippen LogP contribution < -0.4 is 9.47 Å². The summed E-state index contributed by atoms with van der Waals surface area (Å²) in [6.07, 6.45) is 0.320. The van der Waals surface area contributed by atoms with E-state index in [0.29, 0.717) is 45.0 Å². The fraction of sp³-hybridized carbons (Fsp3) is 0.0800. The van der Waals surface area contributed by atoms with E-state index in [2.05, 4.69) is 0 Å². The van der Waals surface area contributed by atoms with Gasteiger partial charge in [-0.05, 0) is 72.8 Å². The number of methoxy groups -OCH3 is 2. The Morgan fingerprint density at radius 3 is 1.11 bits per heavy atom. The third kappa shape index (κ3) is 7.68. The standard InChI is InChI=1S/C50H40N2O6S4/c1-57-47-33-36(32-46-50(60-38-21-9-4-10-22-38)42-28-16-18-30-44(42)52(46)62(55,56)40-25-13-6-14-26-40)48(58-2)34-35(47)31-45-49(59-37-19-7-3-8-20-37)41-27-15-17-29-43(41)51(45)61(53,54)39-23-11-5-12-24-39/h3-30,33-34H,31-32H2,1-2H3. The molecule has 2 aromatic heterocycles. The van der Waals surface area contributed by atoms with Crippen molar-refractivity contribution in [1.29, 1.82) is 0 Å². The molecule has 0 radical (unpaired) electrons. The number of hydrogen-bond donors (Lipinski definition) is 0. The van der Waals surface area contributed by atoms with Crippen LogP contribution in [0.15, 0.2) is 211 Å². The second-order valence-corrected chi connectivity index (χ2v) is 20.2. The van der Waals surface area contributed by atoms with E-state index in [1.807, 2.05) is 121 Å². The molecule has 2 heterocycles. The lowest BCUT2D eigenvalue weighted by atomic mass is 10.0. The molecule has 0 aliphatic carbocycles. The molecule has 0 N–H and O–H groups in total. The zero-order valence-corrected chi connectivity index (χ0v) is 37.0. The first-order valence-corrected chi connectivity index (χ1v) is 24.3. The first-order valence-electron chi connectivity index (χ1n) is 19.7. The third-order valence-corrected chi connectivity index (χ3v) is 16.5. The summed E-state index contributed by atoms with van der Waals surface area (Å²) in [6.45, 7) is 0. The molecule has 0 unspecified atom stereocenters. The van der Waals surface area contributed by atoms with Gasteiger partial charge in [0, 0.05) is 54.3 Å². The van der Waals surface area contributed by atoms with E-state index in [4.69, 9.17) is 9.47 Å². The van der Waals surface area contributed by atoms with Gasteiger partial charge in [0.2, 0.25) is 0 Å². The highest BCUT2D eigenvalue weighted by Gasteiger charge is 2.31. The predicted molar refractivity (Wildman–Crippen MR) is 248 cm³/mol. The Hall–Kier alpha value is -6.18. The minimum atomic E-state index is -4.09. The van der Waals surface area contributed by atoms with E-state index in [9.17, 15) is 16.8 Å². The van der Waals surface area contributed by atoms with Crippen LogP contribution in [0.3, 0.4) is 0 Å². The SMILES string of the molecule is COc1cc(Cc2c(Sc3ccccc3)c3ccccc3n2S(=O)(=O)c2ccccc2)c(OC)cc1Cc1c(Sc2ccccc2)c2ccccc2n1S(=O)(=O)c1ccccc1. The second kappa shape index (κ2) is 17.3. The van der Waals surface area contributed by atoms with Crippen LogP contribution >= 0.6 is 23.5 Å². The Kier molecular flexibility index (Phi) is 11.5. The van der Waals surface area contributed by atoms with Crippen molar-refractivity contribution in [2.75, 3.05) is 14.2 Å². The van der Waals surface area contributed by atoms with Crippen molar-refractivity contribution in [3.05, 3.63) is 205 Å². The first-order chi connectivity index (χ1) is 30.2. The number of nitrogens with zero attached hydrogens (tertiary/aromatic N) is 2. The van der Waals surface area contributed by atoms with Gasteiger partial charge in [-0.25, -0.2) is 24.8 Å². The van der Waals surface area contributed by atoms with Crippen LogP contribution in [0.2, 0.25) is 0 Å². The van der Waals surface area contributed by atoms with E-state index in [1.54, 1.807) is 74.9 Å². The number of rotatable bonds is 14. The molecule has 310 valence electrons. The smallest absolute Gasteiger partial charge is 0.268 e. The monoisotopic (exact) mass is 892 g/mol. The molecule has 8 nitrogen and oxygen atoms in total. The maximum Gasteiger partial charge on any atom is 0.268 e. The molecule has 0 saturated carbocycles. The van der Waals surface area contributed by atoms with Gasteiger partial charge in [-0.15, -0.1) is 0 Å². The van der Waals surface area contributed by atoms with E-state index < -0.39 is 20.0 Å². The Labute approximate surface area is 369 Å².